The molecule has 0 bridgehead atoms. The second kappa shape index (κ2) is 6.33. The van der Waals surface area contributed by atoms with Gasteiger partial charge in [-0.1, -0.05) is 0 Å². The molecule has 4 heteroatoms. The van der Waals surface area contributed by atoms with Gasteiger partial charge in [-0.15, -0.1) is 0 Å². The Morgan fingerprint density at radius 3 is 2.78 bits per heavy atom. The van der Waals surface area contributed by atoms with Crippen LogP contribution in [0.25, 0.3) is 0 Å². The lowest BCUT2D eigenvalue weighted by atomic mass is 10.0. The average molecular weight is 253 g/mol. The fourth-order valence-electron chi connectivity index (χ4n) is 3.64. The van der Waals surface area contributed by atoms with Gasteiger partial charge in [0.1, 0.15) is 0 Å². The number of hydrogen-bond donors (Lipinski definition) is 1. The van der Waals surface area contributed by atoms with E-state index in [1.807, 2.05) is 0 Å². The summed E-state index contributed by atoms with van der Waals surface area (Å²) in [6.45, 7) is 10.7. The van der Waals surface area contributed by atoms with Gasteiger partial charge in [0.05, 0.1) is 6.61 Å². The largest absolute Gasteiger partial charge is 0.381 e. The molecule has 0 radical (unpaired) electrons. The van der Waals surface area contributed by atoms with Crippen molar-refractivity contribution in [2.75, 3.05) is 59.0 Å². The van der Waals surface area contributed by atoms with Crippen LogP contribution in [0.15, 0.2) is 0 Å². The van der Waals surface area contributed by atoms with E-state index in [0.29, 0.717) is 0 Å². The minimum atomic E-state index is 0.792. The highest BCUT2D eigenvalue weighted by atomic mass is 16.5. The van der Waals surface area contributed by atoms with Crippen LogP contribution in [0.1, 0.15) is 19.3 Å². The third-order valence-electron chi connectivity index (χ3n) is 4.69. The molecule has 104 valence electrons. The number of nitrogens with zero attached hydrogens (tertiary/aromatic N) is 2. The summed E-state index contributed by atoms with van der Waals surface area (Å²) >= 11 is 0. The molecule has 3 heterocycles. The average Bonchev–Trinajstić information content (AvgIpc) is 2.89. The normalized spacial score (nSPS) is 36.0. The zero-order valence-electron chi connectivity index (χ0n) is 11.4. The van der Waals surface area contributed by atoms with E-state index in [1.165, 1.54) is 65.1 Å². The lowest BCUT2D eigenvalue weighted by Crippen LogP contribution is -2.49. The van der Waals surface area contributed by atoms with Crippen LogP contribution >= 0.6 is 0 Å². The first-order chi connectivity index (χ1) is 8.92. The Balaban J connectivity index is 1.42. The van der Waals surface area contributed by atoms with E-state index in [0.717, 1.165) is 25.2 Å². The van der Waals surface area contributed by atoms with E-state index in [-0.39, 0.29) is 0 Å². The molecule has 1 N–H and O–H groups in total. The molecule has 0 aromatic rings. The van der Waals surface area contributed by atoms with Gasteiger partial charge < -0.3 is 15.0 Å². The maximum absolute atomic E-state index is 5.59. The van der Waals surface area contributed by atoms with Crippen LogP contribution < -0.4 is 5.32 Å². The van der Waals surface area contributed by atoms with Gasteiger partial charge in [-0.05, 0) is 31.7 Å². The highest BCUT2D eigenvalue weighted by molar-refractivity contribution is 4.86. The lowest BCUT2D eigenvalue weighted by molar-refractivity contribution is 0.0405. The highest BCUT2D eigenvalue weighted by Gasteiger charge is 2.29. The molecule has 0 aliphatic carbocycles. The maximum atomic E-state index is 5.59. The molecule has 0 aromatic carbocycles. The van der Waals surface area contributed by atoms with Crippen molar-refractivity contribution in [2.45, 2.75) is 25.3 Å². The first kappa shape index (κ1) is 12.9. The van der Waals surface area contributed by atoms with Crippen LogP contribution in [0.2, 0.25) is 0 Å². The molecule has 3 aliphatic rings. The summed E-state index contributed by atoms with van der Waals surface area (Å²) in [5, 5.41) is 3.44. The standard InChI is InChI=1S/C14H27N3O/c1-2-13(12-18-9-1)10-16-6-3-14(11-16)17-7-4-15-5-8-17/h13-15H,1-12H2. The summed E-state index contributed by atoms with van der Waals surface area (Å²) in [7, 11) is 0. The number of rotatable bonds is 3. The van der Waals surface area contributed by atoms with Crippen LogP contribution in [0.5, 0.6) is 0 Å². The SMILES string of the molecule is C1COCC(CN2CCC(N3CCNCC3)C2)C1. The first-order valence-electron chi connectivity index (χ1n) is 7.67. The van der Waals surface area contributed by atoms with E-state index in [1.54, 1.807) is 0 Å². The van der Waals surface area contributed by atoms with Gasteiger partial charge >= 0.3 is 0 Å². The Bertz CT molecular complexity index is 249. The zero-order chi connectivity index (χ0) is 12.2. The molecule has 0 amide bonds. The van der Waals surface area contributed by atoms with Crippen molar-refractivity contribution in [3.05, 3.63) is 0 Å². The van der Waals surface area contributed by atoms with Gasteiger partial charge in [-0.25, -0.2) is 0 Å². The van der Waals surface area contributed by atoms with Crippen LogP contribution in [0.4, 0.5) is 0 Å². The summed E-state index contributed by atoms with van der Waals surface area (Å²) in [6, 6.07) is 0.816. The van der Waals surface area contributed by atoms with Crippen LogP contribution in [0.3, 0.4) is 0 Å². The van der Waals surface area contributed by atoms with Crippen molar-refractivity contribution < 1.29 is 4.74 Å². The maximum Gasteiger partial charge on any atom is 0.0506 e. The van der Waals surface area contributed by atoms with Crippen molar-refractivity contribution >= 4 is 0 Å². The van der Waals surface area contributed by atoms with Crippen molar-refractivity contribution in [3.63, 3.8) is 0 Å². The van der Waals surface area contributed by atoms with E-state index in [4.69, 9.17) is 4.74 Å². The molecule has 3 aliphatic heterocycles. The lowest BCUT2D eigenvalue weighted by Gasteiger charge is -2.33. The summed E-state index contributed by atoms with van der Waals surface area (Å²) in [5.41, 5.74) is 0. The Kier molecular flexibility index (Phi) is 4.52. The van der Waals surface area contributed by atoms with Crippen LogP contribution in [-0.4, -0.2) is 74.9 Å². The van der Waals surface area contributed by atoms with Crippen molar-refractivity contribution in [1.82, 2.24) is 15.1 Å². The molecular formula is C14H27N3O. The van der Waals surface area contributed by atoms with Crippen molar-refractivity contribution in [1.29, 1.82) is 0 Å². The third kappa shape index (κ3) is 3.23. The van der Waals surface area contributed by atoms with E-state index in [9.17, 15) is 0 Å². The molecule has 0 saturated carbocycles. The third-order valence-corrected chi connectivity index (χ3v) is 4.69. The van der Waals surface area contributed by atoms with Crippen LogP contribution in [-0.2, 0) is 4.74 Å². The highest BCUT2D eigenvalue weighted by Crippen LogP contribution is 2.20. The molecule has 4 nitrogen and oxygen atoms in total. The molecular weight excluding hydrogens is 226 g/mol. The monoisotopic (exact) mass is 253 g/mol. The van der Waals surface area contributed by atoms with Crippen molar-refractivity contribution in [2.24, 2.45) is 5.92 Å². The minimum Gasteiger partial charge on any atom is -0.381 e. The second-order valence-electron chi connectivity index (χ2n) is 6.07. The molecule has 3 rings (SSSR count). The van der Waals surface area contributed by atoms with Gasteiger partial charge in [0.25, 0.3) is 0 Å². The van der Waals surface area contributed by atoms with Gasteiger partial charge in [0, 0.05) is 51.9 Å². The first-order valence-corrected chi connectivity index (χ1v) is 7.67. The molecule has 2 atom stereocenters. The second-order valence-corrected chi connectivity index (χ2v) is 6.07. The fourth-order valence-corrected chi connectivity index (χ4v) is 3.64. The molecule has 2 unspecified atom stereocenters. The minimum absolute atomic E-state index is 0.792. The van der Waals surface area contributed by atoms with E-state index in [2.05, 4.69) is 15.1 Å². The summed E-state index contributed by atoms with van der Waals surface area (Å²) in [6.07, 6.45) is 4.00. The number of nitrogens with one attached hydrogen (secondary N) is 1. The molecule has 0 spiro atoms. The topological polar surface area (TPSA) is 27.7 Å². The molecule has 3 fully saturated rings. The van der Waals surface area contributed by atoms with E-state index < -0.39 is 0 Å². The van der Waals surface area contributed by atoms with Crippen molar-refractivity contribution in [3.8, 4) is 0 Å². The molecule has 3 saturated heterocycles. The van der Waals surface area contributed by atoms with Gasteiger partial charge in [0.15, 0.2) is 0 Å². The summed E-state index contributed by atoms with van der Waals surface area (Å²) in [5.74, 6) is 0.792. The predicted octanol–water partition coefficient (Wildman–Crippen LogP) is 0.393. The molecule has 18 heavy (non-hydrogen) atoms. The van der Waals surface area contributed by atoms with Gasteiger partial charge in [0.2, 0.25) is 0 Å². The zero-order valence-corrected chi connectivity index (χ0v) is 11.4. The quantitative estimate of drug-likeness (QED) is 0.787. The fraction of sp³-hybridized carbons (Fsp3) is 1.00. The number of likely N-dealkylation sites (tertiary alicyclic amines) is 1. The predicted molar refractivity (Wildman–Crippen MR) is 72.8 cm³/mol. The smallest absolute Gasteiger partial charge is 0.0506 e. The van der Waals surface area contributed by atoms with E-state index >= 15 is 0 Å². The number of hydrogen-bond acceptors (Lipinski definition) is 4. The summed E-state index contributed by atoms with van der Waals surface area (Å²) < 4.78 is 5.59. The van der Waals surface area contributed by atoms with Gasteiger partial charge in [-0.3, -0.25) is 4.90 Å². The number of ether oxygens (including phenoxy) is 1. The number of piperazine rings is 1. The Labute approximate surface area is 111 Å². The molecule has 0 aromatic heterocycles. The van der Waals surface area contributed by atoms with Gasteiger partial charge in [-0.2, -0.15) is 0 Å². The Morgan fingerprint density at radius 2 is 2.00 bits per heavy atom. The Hall–Kier alpha value is -0.160. The summed E-state index contributed by atoms with van der Waals surface area (Å²) in [4.78, 5) is 5.36. The Morgan fingerprint density at radius 1 is 1.11 bits per heavy atom. The van der Waals surface area contributed by atoms with Crippen LogP contribution in [0, 0.1) is 5.92 Å².